The Hall–Kier alpha value is -4.07. The Labute approximate surface area is 160 Å². The number of fused-ring (bicyclic) bond motifs is 1. The Morgan fingerprint density at radius 2 is 1.68 bits per heavy atom. The van der Waals surface area contributed by atoms with Gasteiger partial charge < -0.3 is 10.6 Å². The van der Waals surface area contributed by atoms with E-state index in [2.05, 4.69) is 25.8 Å². The number of carbonyl (C=O) groups is 2. The molecule has 8 heteroatoms. The van der Waals surface area contributed by atoms with Crippen LogP contribution in [0.1, 0.15) is 17.3 Å². The van der Waals surface area contributed by atoms with E-state index in [1.807, 2.05) is 18.3 Å². The second kappa shape index (κ2) is 7.28. The normalized spacial score (nSPS) is 10.6. The molecule has 0 aliphatic carbocycles. The minimum absolute atomic E-state index is 0.171. The van der Waals surface area contributed by atoms with Crippen LogP contribution < -0.4 is 10.6 Å². The molecule has 4 aromatic rings. The van der Waals surface area contributed by atoms with Gasteiger partial charge in [-0.05, 0) is 36.4 Å². The number of aromatic nitrogens is 4. The van der Waals surface area contributed by atoms with Gasteiger partial charge in [-0.1, -0.05) is 18.2 Å². The van der Waals surface area contributed by atoms with Crippen molar-refractivity contribution in [1.82, 2.24) is 19.6 Å². The third kappa shape index (κ3) is 3.56. The Morgan fingerprint density at radius 1 is 0.929 bits per heavy atom. The fourth-order valence-electron chi connectivity index (χ4n) is 2.79. The van der Waals surface area contributed by atoms with E-state index >= 15 is 0 Å². The fourth-order valence-corrected chi connectivity index (χ4v) is 2.79. The molecule has 0 bridgehead atoms. The van der Waals surface area contributed by atoms with E-state index in [9.17, 15) is 9.59 Å². The van der Waals surface area contributed by atoms with Gasteiger partial charge in [0.25, 0.3) is 11.7 Å². The predicted octanol–water partition coefficient (Wildman–Crippen LogP) is 3.00. The molecule has 0 fully saturated rings. The summed E-state index contributed by atoms with van der Waals surface area (Å²) in [6.45, 7) is 1.43. The molecule has 8 nitrogen and oxygen atoms in total. The number of benzene rings is 2. The highest BCUT2D eigenvalue weighted by Crippen LogP contribution is 2.20. The number of hydrogen-bond donors (Lipinski definition) is 2. The van der Waals surface area contributed by atoms with Crippen LogP contribution in [0.3, 0.4) is 0 Å². The summed E-state index contributed by atoms with van der Waals surface area (Å²) in [6, 6.07) is 15.8. The number of rotatable bonds is 4. The molecule has 4 rings (SSSR count). The average molecular weight is 372 g/mol. The van der Waals surface area contributed by atoms with Gasteiger partial charge in [0.05, 0.1) is 0 Å². The zero-order valence-corrected chi connectivity index (χ0v) is 15.0. The van der Waals surface area contributed by atoms with Crippen LogP contribution in [-0.4, -0.2) is 31.4 Å². The Kier molecular flexibility index (Phi) is 4.51. The van der Waals surface area contributed by atoms with Crippen molar-refractivity contribution in [3.8, 4) is 11.4 Å². The number of nitrogens with zero attached hydrogens (tertiary/aromatic N) is 4. The summed E-state index contributed by atoms with van der Waals surface area (Å²) < 4.78 is 1.78. The van der Waals surface area contributed by atoms with E-state index in [1.54, 1.807) is 53.1 Å². The lowest BCUT2D eigenvalue weighted by atomic mass is 10.1. The molecule has 0 spiro atoms. The third-order valence-electron chi connectivity index (χ3n) is 4.04. The summed E-state index contributed by atoms with van der Waals surface area (Å²) in [7, 11) is 0. The van der Waals surface area contributed by atoms with Gasteiger partial charge >= 0.3 is 0 Å². The largest absolute Gasteiger partial charge is 0.326 e. The molecule has 0 saturated heterocycles. The fraction of sp³-hybridized carbons (Fsp3) is 0.0500. The standard InChI is InChI=1S/C20H16N6O2/c1-13(27)22-16-4-2-5-17(12-16)23-19(28)15-8-6-14(7-9-15)18-24-25-20-21-10-3-11-26(18)20/h2-12H,1H3,(H,22,27)(H,23,28). The summed E-state index contributed by atoms with van der Waals surface area (Å²) in [5, 5.41) is 13.7. The smallest absolute Gasteiger partial charge is 0.255 e. The van der Waals surface area contributed by atoms with Crippen molar-refractivity contribution in [2.45, 2.75) is 6.92 Å². The second-order valence-electron chi connectivity index (χ2n) is 6.11. The van der Waals surface area contributed by atoms with Gasteiger partial charge in [0, 0.05) is 41.8 Å². The quantitative estimate of drug-likeness (QED) is 0.573. The van der Waals surface area contributed by atoms with Crippen molar-refractivity contribution >= 4 is 29.0 Å². The molecular weight excluding hydrogens is 356 g/mol. The van der Waals surface area contributed by atoms with E-state index < -0.39 is 0 Å². The zero-order valence-electron chi connectivity index (χ0n) is 15.0. The SMILES string of the molecule is CC(=O)Nc1cccc(NC(=O)c2ccc(-c3nnc4ncccn34)cc2)c1. The van der Waals surface area contributed by atoms with Crippen LogP contribution in [0.5, 0.6) is 0 Å². The first-order valence-electron chi connectivity index (χ1n) is 8.55. The number of hydrogen-bond acceptors (Lipinski definition) is 5. The van der Waals surface area contributed by atoms with Crippen molar-refractivity contribution in [2.75, 3.05) is 10.6 Å². The Morgan fingerprint density at radius 3 is 2.43 bits per heavy atom. The summed E-state index contributed by atoms with van der Waals surface area (Å²) in [5.41, 5.74) is 2.54. The van der Waals surface area contributed by atoms with Crippen LogP contribution in [0.4, 0.5) is 11.4 Å². The van der Waals surface area contributed by atoms with Gasteiger partial charge in [-0.25, -0.2) is 4.98 Å². The van der Waals surface area contributed by atoms with Crippen molar-refractivity contribution in [1.29, 1.82) is 0 Å². The predicted molar refractivity (Wildman–Crippen MR) is 105 cm³/mol. The van der Waals surface area contributed by atoms with Gasteiger partial charge in [0.2, 0.25) is 5.91 Å². The van der Waals surface area contributed by atoms with Gasteiger partial charge in [-0.15, -0.1) is 10.2 Å². The monoisotopic (exact) mass is 372 g/mol. The molecule has 0 unspecified atom stereocenters. The van der Waals surface area contributed by atoms with Crippen molar-refractivity contribution in [3.05, 3.63) is 72.6 Å². The summed E-state index contributed by atoms with van der Waals surface area (Å²) >= 11 is 0. The van der Waals surface area contributed by atoms with Crippen molar-refractivity contribution in [3.63, 3.8) is 0 Å². The number of amides is 2. The highest BCUT2D eigenvalue weighted by molar-refractivity contribution is 6.04. The van der Waals surface area contributed by atoms with E-state index in [0.29, 0.717) is 28.5 Å². The maximum absolute atomic E-state index is 12.5. The first kappa shape index (κ1) is 17.3. The van der Waals surface area contributed by atoms with Crippen LogP contribution in [0.2, 0.25) is 0 Å². The number of anilines is 2. The van der Waals surface area contributed by atoms with Crippen LogP contribution in [0, 0.1) is 0 Å². The molecule has 0 atom stereocenters. The molecular formula is C20H16N6O2. The van der Waals surface area contributed by atoms with Gasteiger partial charge in [-0.3, -0.25) is 14.0 Å². The molecule has 0 aliphatic heterocycles. The molecule has 2 N–H and O–H groups in total. The summed E-state index contributed by atoms with van der Waals surface area (Å²) in [5.74, 6) is 0.742. The van der Waals surface area contributed by atoms with Gasteiger partial charge in [-0.2, -0.15) is 0 Å². The average Bonchev–Trinajstić information content (AvgIpc) is 3.12. The molecule has 2 aromatic heterocycles. The van der Waals surface area contributed by atoms with E-state index in [0.717, 1.165) is 5.56 Å². The lowest BCUT2D eigenvalue weighted by Gasteiger charge is -2.08. The molecule has 2 aromatic carbocycles. The van der Waals surface area contributed by atoms with Crippen molar-refractivity contribution < 1.29 is 9.59 Å². The number of carbonyl (C=O) groups excluding carboxylic acids is 2. The minimum Gasteiger partial charge on any atom is -0.326 e. The first-order chi connectivity index (χ1) is 13.6. The van der Waals surface area contributed by atoms with E-state index in [1.165, 1.54) is 6.92 Å². The maximum Gasteiger partial charge on any atom is 0.255 e. The van der Waals surface area contributed by atoms with Crippen molar-refractivity contribution in [2.24, 2.45) is 0 Å². The second-order valence-corrected chi connectivity index (χ2v) is 6.11. The highest BCUT2D eigenvalue weighted by atomic mass is 16.2. The molecule has 0 radical (unpaired) electrons. The van der Waals surface area contributed by atoms with Crippen LogP contribution in [0.25, 0.3) is 17.2 Å². The van der Waals surface area contributed by atoms with Crippen LogP contribution in [0.15, 0.2) is 67.0 Å². The molecule has 0 aliphatic rings. The lowest BCUT2D eigenvalue weighted by molar-refractivity contribution is -0.114. The summed E-state index contributed by atoms with van der Waals surface area (Å²) in [4.78, 5) is 27.8. The van der Waals surface area contributed by atoms with Crippen LogP contribution in [-0.2, 0) is 4.79 Å². The highest BCUT2D eigenvalue weighted by Gasteiger charge is 2.11. The van der Waals surface area contributed by atoms with Gasteiger partial charge in [0.1, 0.15) is 0 Å². The number of nitrogens with one attached hydrogen (secondary N) is 2. The minimum atomic E-state index is -0.251. The first-order valence-corrected chi connectivity index (χ1v) is 8.55. The Bertz CT molecular complexity index is 1170. The third-order valence-corrected chi connectivity index (χ3v) is 4.04. The maximum atomic E-state index is 12.5. The summed E-state index contributed by atoms with van der Waals surface area (Å²) in [6.07, 6.45) is 3.49. The van der Waals surface area contributed by atoms with E-state index in [-0.39, 0.29) is 11.8 Å². The molecule has 138 valence electrons. The molecule has 2 heterocycles. The van der Waals surface area contributed by atoms with Gasteiger partial charge in [0.15, 0.2) is 5.82 Å². The topological polar surface area (TPSA) is 101 Å². The lowest BCUT2D eigenvalue weighted by Crippen LogP contribution is -2.12. The molecule has 0 saturated carbocycles. The Balaban J connectivity index is 1.52. The molecule has 2 amide bonds. The van der Waals surface area contributed by atoms with E-state index in [4.69, 9.17) is 0 Å². The zero-order chi connectivity index (χ0) is 19.5. The molecule has 28 heavy (non-hydrogen) atoms. The van der Waals surface area contributed by atoms with Crippen LogP contribution >= 0.6 is 0 Å².